The molecule has 3 nitrogen and oxygen atoms in total. The topological polar surface area (TPSA) is 55.5 Å². The lowest BCUT2D eigenvalue weighted by Crippen LogP contribution is -2.12. The number of nitrogens with two attached hydrogens (primary N) is 1. The highest BCUT2D eigenvalue weighted by Crippen LogP contribution is 2.26. The van der Waals surface area contributed by atoms with Gasteiger partial charge in [0.15, 0.2) is 0 Å². The number of hydrogen-bond acceptors (Lipinski definition) is 3. The monoisotopic (exact) mass is 283 g/mol. The van der Waals surface area contributed by atoms with E-state index in [4.69, 9.17) is 10.5 Å². The molecule has 3 heteroatoms. The first-order chi connectivity index (χ1) is 10.2. The van der Waals surface area contributed by atoms with E-state index in [0.29, 0.717) is 5.69 Å². The molecule has 1 aliphatic rings. The van der Waals surface area contributed by atoms with E-state index >= 15 is 0 Å². The van der Waals surface area contributed by atoms with Gasteiger partial charge in [0.05, 0.1) is 0 Å². The van der Waals surface area contributed by atoms with Crippen LogP contribution in [0.4, 0.5) is 5.69 Å². The molecule has 0 amide bonds. The summed E-state index contributed by atoms with van der Waals surface area (Å²) in [5.41, 5.74) is 9.99. The van der Waals surface area contributed by atoms with Crippen LogP contribution in [0.1, 0.15) is 35.6 Å². The highest BCUT2D eigenvalue weighted by atomic mass is 16.5. The number of fused-ring (bicyclic) bond motifs is 1. The van der Waals surface area contributed by atoms with Crippen molar-refractivity contribution < 1.29 is 9.84 Å². The molecule has 0 radical (unpaired) electrons. The third-order valence-corrected chi connectivity index (χ3v) is 4.08. The van der Waals surface area contributed by atoms with E-state index in [1.807, 2.05) is 24.3 Å². The van der Waals surface area contributed by atoms with E-state index < -0.39 is 6.10 Å². The van der Waals surface area contributed by atoms with Crippen molar-refractivity contribution in [3.05, 3.63) is 59.2 Å². The van der Waals surface area contributed by atoms with Crippen molar-refractivity contribution in [1.29, 1.82) is 0 Å². The maximum Gasteiger partial charge on any atom is 0.119 e. The standard InChI is InChI=1S/C18H21NO2/c19-17-8-4-3-7-16(17)18(20)12-21-15-10-9-13-5-1-2-6-14(13)11-15/h3-4,7-11,18,20H,1-2,5-6,12,19H2. The number of nitrogen functional groups attached to an aromatic ring is 1. The zero-order valence-corrected chi connectivity index (χ0v) is 12.1. The maximum absolute atomic E-state index is 10.2. The average molecular weight is 283 g/mol. The summed E-state index contributed by atoms with van der Waals surface area (Å²) in [5.74, 6) is 0.823. The van der Waals surface area contributed by atoms with Gasteiger partial charge < -0.3 is 15.6 Å². The second-order valence-electron chi connectivity index (χ2n) is 5.59. The third-order valence-electron chi connectivity index (χ3n) is 4.08. The number of ether oxygens (including phenoxy) is 1. The van der Waals surface area contributed by atoms with Gasteiger partial charge in [-0.15, -0.1) is 0 Å². The highest BCUT2D eigenvalue weighted by molar-refractivity contribution is 5.47. The van der Waals surface area contributed by atoms with Crippen LogP contribution in [0.2, 0.25) is 0 Å². The lowest BCUT2D eigenvalue weighted by atomic mass is 9.92. The average Bonchev–Trinajstić information content (AvgIpc) is 2.53. The van der Waals surface area contributed by atoms with Crippen LogP contribution in [0.5, 0.6) is 5.75 Å². The Morgan fingerprint density at radius 2 is 1.81 bits per heavy atom. The molecule has 21 heavy (non-hydrogen) atoms. The van der Waals surface area contributed by atoms with E-state index in [1.54, 1.807) is 6.07 Å². The Bertz CT molecular complexity index is 624. The van der Waals surface area contributed by atoms with E-state index in [-0.39, 0.29) is 6.61 Å². The number of aliphatic hydroxyl groups excluding tert-OH is 1. The number of hydrogen-bond donors (Lipinski definition) is 2. The molecule has 0 aliphatic heterocycles. The summed E-state index contributed by atoms with van der Waals surface area (Å²) in [7, 11) is 0. The fourth-order valence-electron chi connectivity index (χ4n) is 2.88. The first-order valence-corrected chi connectivity index (χ1v) is 7.51. The van der Waals surface area contributed by atoms with E-state index in [9.17, 15) is 5.11 Å². The molecule has 2 aromatic rings. The summed E-state index contributed by atoms with van der Waals surface area (Å²) in [6.45, 7) is 0.215. The fraction of sp³-hybridized carbons (Fsp3) is 0.333. The van der Waals surface area contributed by atoms with Crippen molar-refractivity contribution in [2.45, 2.75) is 31.8 Å². The first-order valence-electron chi connectivity index (χ1n) is 7.51. The van der Waals surface area contributed by atoms with E-state index in [2.05, 4.69) is 12.1 Å². The van der Waals surface area contributed by atoms with Gasteiger partial charge in [-0.1, -0.05) is 24.3 Å². The minimum atomic E-state index is -0.706. The molecule has 0 spiro atoms. The van der Waals surface area contributed by atoms with Crippen LogP contribution in [0, 0.1) is 0 Å². The van der Waals surface area contributed by atoms with Crippen molar-refractivity contribution >= 4 is 5.69 Å². The number of anilines is 1. The second-order valence-corrected chi connectivity index (χ2v) is 5.59. The minimum Gasteiger partial charge on any atom is -0.491 e. The molecule has 3 rings (SSSR count). The van der Waals surface area contributed by atoms with Crippen LogP contribution in [-0.2, 0) is 12.8 Å². The highest BCUT2D eigenvalue weighted by Gasteiger charge is 2.13. The number of benzene rings is 2. The Morgan fingerprint density at radius 1 is 1.05 bits per heavy atom. The largest absolute Gasteiger partial charge is 0.491 e. The van der Waals surface area contributed by atoms with Crippen LogP contribution >= 0.6 is 0 Å². The summed E-state index contributed by atoms with van der Waals surface area (Å²) in [4.78, 5) is 0. The summed E-state index contributed by atoms with van der Waals surface area (Å²) in [6.07, 6.45) is 4.11. The molecule has 0 saturated carbocycles. The molecule has 110 valence electrons. The van der Waals surface area contributed by atoms with E-state index in [1.165, 1.54) is 30.4 Å². The summed E-state index contributed by atoms with van der Waals surface area (Å²) < 4.78 is 5.74. The lowest BCUT2D eigenvalue weighted by molar-refractivity contribution is 0.108. The molecule has 0 fully saturated rings. The molecule has 0 aromatic heterocycles. The Morgan fingerprint density at radius 3 is 2.62 bits per heavy atom. The van der Waals surface area contributed by atoms with Crippen molar-refractivity contribution in [2.75, 3.05) is 12.3 Å². The first kappa shape index (κ1) is 14.0. The minimum absolute atomic E-state index is 0.215. The Balaban J connectivity index is 1.66. The van der Waals surface area contributed by atoms with Gasteiger partial charge in [0.1, 0.15) is 18.5 Å². The Labute approximate surface area is 125 Å². The molecule has 1 unspecified atom stereocenters. The van der Waals surface area contributed by atoms with Gasteiger partial charge in [-0.25, -0.2) is 0 Å². The van der Waals surface area contributed by atoms with Crippen LogP contribution in [0.25, 0.3) is 0 Å². The van der Waals surface area contributed by atoms with Crippen molar-refractivity contribution in [2.24, 2.45) is 0 Å². The molecule has 3 N–H and O–H groups in total. The van der Waals surface area contributed by atoms with Crippen molar-refractivity contribution in [3.63, 3.8) is 0 Å². The van der Waals surface area contributed by atoms with Crippen molar-refractivity contribution in [3.8, 4) is 5.75 Å². The van der Waals surface area contributed by atoms with Crippen LogP contribution < -0.4 is 10.5 Å². The Kier molecular flexibility index (Phi) is 4.11. The second kappa shape index (κ2) is 6.19. The molecular formula is C18H21NO2. The van der Waals surface area contributed by atoms with Crippen molar-refractivity contribution in [1.82, 2.24) is 0 Å². The van der Waals surface area contributed by atoms with Crippen LogP contribution in [-0.4, -0.2) is 11.7 Å². The fourth-order valence-corrected chi connectivity index (χ4v) is 2.88. The summed E-state index contributed by atoms with van der Waals surface area (Å²) in [5, 5.41) is 10.2. The molecule has 0 saturated heterocycles. The molecule has 0 heterocycles. The van der Waals surface area contributed by atoms with Gasteiger partial charge in [0, 0.05) is 11.3 Å². The molecule has 1 atom stereocenters. The van der Waals surface area contributed by atoms with Gasteiger partial charge in [0.25, 0.3) is 0 Å². The maximum atomic E-state index is 10.2. The predicted molar refractivity (Wildman–Crippen MR) is 84.4 cm³/mol. The van der Waals surface area contributed by atoms with Crippen LogP contribution in [0.3, 0.4) is 0 Å². The van der Waals surface area contributed by atoms with Gasteiger partial charge in [-0.3, -0.25) is 0 Å². The third kappa shape index (κ3) is 3.19. The zero-order valence-electron chi connectivity index (χ0n) is 12.1. The smallest absolute Gasteiger partial charge is 0.119 e. The lowest BCUT2D eigenvalue weighted by Gasteiger charge is -2.18. The molecule has 1 aliphatic carbocycles. The number of para-hydroxylation sites is 1. The number of aryl methyl sites for hydroxylation is 2. The molecule has 2 aromatic carbocycles. The molecular weight excluding hydrogens is 262 g/mol. The predicted octanol–water partition coefficient (Wildman–Crippen LogP) is 3.26. The van der Waals surface area contributed by atoms with Gasteiger partial charge in [0.2, 0.25) is 0 Å². The van der Waals surface area contributed by atoms with Gasteiger partial charge >= 0.3 is 0 Å². The van der Waals surface area contributed by atoms with E-state index in [0.717, 1.165) is 17.7 Å². The summed E-state index contributed by atoms with van der Waals surface area (Å²) in [6, 6.07) is 13.6. The van der Waals surface area contributed by atoms with Crippen LogP contribution in [0.15, 0.2) is 42.5 Å². The summed E-state index contributed by atoms with van der Waals surface area (Å²) >= 11 is 0. The normalized spacial score (nSPS) is 15.3. The SMILES string of the molecule is Nc1ccccc1C(O)COc1ccc2c(c1)CCCC2. The number of aliphatic hydroxyl groups is 1. The van der Waals surface area contributed by atoms with Gasteiger partial charge in [-0.05, 0) is 55.0 Å². The molecule has 0 bridgehead atoms. The zero-order chi connectivity index (χ0) is 14.7. The van der Waals surface area contributed by atoms with Gasteiger partial charge in [-0.2, -0.15) is 0 Å². The number of rotatable bonds is 4. The quantitative estimate of drug-likeness (QED) is 0.847. The Hall–Kier alpha value is -2.00.